The molecule has 0 saturated carbocycles. The molecule has 0 spiro atoms. The van der Waals surface area contributed by atoms with Crippen molar-refractivity contribution in [2.75, 3.05) is 23.7 Å². The molecule has 128 valence electrons. The maximum atomic E-state index is 9.11. The van der Waals surface area contributed by atoms with Crippen LogP contribution < -0.4 is 10.6 Å². The Bertz CT molecular complexity index is 1120. The monoisotopic (exact) mass is 343 g/mol. The van der Waals surface area contributed by atoms with Crippen molar-refractivity contribution in [3.8, 4) is 6.07 Å². The highest BCUT2D eigenvalue weighted by atomic mass is 15.3. The molecule has 0 radical (unpaired) electrons. The summed E-state index contributed by atoms with van der Waals surface area (Å²) in [6.45, 7) is 3.22. The highest BCUT2D eigenvalue weighted by Crippen LogP contribution is 2.23. The molecular formula is C19H17N7. The summed E-state index contributed by atoms with van der Waals surface area (Å²) < 4.78 is 1.86. The molecule has 0 atom stereocenters. The molecule has 2 N–H and O–H groups in total. The molecule has 0 unspecified atom stereocenters. The fourth-order valence-corrected chi connectivity index (χ4v) is 2.91. The van der Waals surface area contributed by atoms with Gasteiger partial charge in [-0.3, -0.25) is 0 Å². The Labute approximate surface area is 150 Å². The number of hydrogen-bond donors (Lipinski definition) is 2. The Kier molecular flexibility index (Phi) is 4.07. The zero-order chi connectivity index (χ0) is 17.9. The number of rotatable bonds is 5. The highest BCUT2D eigenvalue weighted by molar-refractivity contribution is 5.91. The highest BCUT2D eigenvalue weighted by Gasteiger charge is 2.09. The number of hydrogen-bond acceptors (Lipinski definition) is 6. The Balaban J connectivity index is 1.54. The van der Waals surface area contributed by atoms with Gasteiger partial charge in [0.1, 0.15) is 17.7 Å². The molecule has 7 nitrogen and oxygen atoms in total. The average molecular weight is 343 g/mol. The number of nitriles is 1. The zero-order valence-electron chi connectivity index (χ0n) is 14.3. The van der Waals surface area contributed by atoms with Gasteiger partial charge in [0.15, 0.2) is 5.65 Å². The predicted octanol–water partition coefficient (Wildman–Crippen LogP) is 2.98. The summed E-state index contributed by atoms with van der Waals surface area (Å²) in [5, 5.41) is 21.2. The summed E-state index contributed by atoms with van der Waals surface area (Å²) in [6, 6.07) is 15.6. The van der Waals surface area contributed by atoms with Crippen molar-refractivity contribution < 1.29 is 0 Å². The van der Waals surface area contributed by atoms with Crippen LogP contribution in [0.2, 0.25) is 0 Å². The normalized spacial score (nSPS) is 10.8. The third-order valence-electron chi connectivity index (χ3n) is 4.06. The lowest BCUT2D eigenvalue weighted by Gasteiger charge is -2.11. The number of aromatic nitrogens is 4. The van der Waals surface area contributed by atoms with Crippen LogP contribution in [0.5, 0.6) is 0 Å². The number of nitrogens with zero attached hydrogens (tertiary/aromatic N) is 5. The third kappa shape index (κ3) is 2.89. The predicted molar refractivity (Wildman–Crippen MR) is 101 cm³/mol. The van der Waals surface area contributed by atoms with Crippen molar-refractivity contribution in [2.24, 2.45) is 0 Å². The number of pyridine rings is 1. The Morgan fingerprint density at radius 2 is 1.88 bits per heavy atom. The maximum absolute atomic E-state index is 9.11. The molecule has 0 fully saturated rings. The van der Waals surface area contributed by atoms with Gasteiger partial charge in [0.05, 0.1) is 16.8 Å². The van der Waals surface area contributed by atoms with Crippen LogP contribution in [0.15, 0.2) is 48.7 Å². The van der Waals surface area contributed by atoms with E-state index in [0.717, 1.165) is 28.1 Å². The zero-order valence-corrected chi connectivity index (χ0v) is 14.3. The first-order valence-corrected chi connectivity index (χ1v) is 8.34. The van der Waals surface area contributed by atoms with E-state index >= 15 is 0 Å². The first-order valence-electron chi connectivity index (χ1n) is 8.34. The molecule has 4 aromatic rings. The molecule has 7 heteroatoms. The minimum Gasteiger partial charge on any atom is -0.368 e. The smallest absolute Gasteiger partial charge is 0.158 e. The van der Waals surface area contributed by atoms with E-state index in [2.05, 4.69) is 26.8 Å². The van der Waals surface area contributed by atoms with E-state index in [4.69, 9.17) is 10.2 Å². The number of benzene rings is 1. The summed E-state index contributed by atoms with van der Waals surface area (Å²) in [7, 11) is 0. The number of para-hydroxylation sites is 1. The van der Waals surface area contributed by atoms with Crippen molar-refractivity contribution in [3.63, 3.8) is 0 Å². The summed E-state index contributed by atoms with van der Waals surface area (Å²) in [4.78, 5) is 8.90. The largest absolute Gasteiger partial charge is 0.368 e. The second-order valence-corrected chi connectivity index (χ2v) is 5.90. The average Bonchev–Trinajstić information content (AvgIpc) is 3.06. The van der Waals surface area contributed by atoms with Crippen LogP contribution in [0, 0.1) is 18.3 Å². The van der Waals surface area contributed by atoms with Gasteiger partial charge in [0, 0.05) is 30.7 Å². The van der Waals surface area contributed by atoms with Crippen LogP contribution >= 0.6 is 0 Å². The van der Waals surface area contributed by atoms with E-state index in [9.17, 15) is 0 Å². The Hall–Kier alpha value is -3.66. The first-order chi connectivity index (χ1) is 12.8. The third-order valence-corrected chi connectivity index (χ3v) is 4.06. The van der Waals surface area contributed by atoms with Gasteiger partial charge in [0.2, 0.25) is 0 Å². The van der Waals surface area contributed by atoms with Crippen LogP contribution in [0.3, 0.4) is 0 Å². The Morgan fingerprint density at radius 1 is 1.08 bits per heavy atom. The van der Waals surface area contributed by atoms with Crippen molar-refractivity contribution in [3.05, 3.63) is 59.9 Å². The molecule has 0 bridgehead atoms. The summed E-state index contributed by atoms with van der Waals surface area (Å²) in [5.41, 5.74) is 3.29. The lowest BCUT2D eigenvalue weighted by molar-refractivity contribution is 0.953. The maximum Gasteiger partial charge on any atom is 0.158 e. The molecule has 1 aromatic carbocycles. The second kappa shape index (κ2) is 6.69. The van der Waals surface area contributed by atoms with Crippen LogP contribution in [0.25, 0.3) is 16.6 Å². The summed E-state index contributed by atoms with van der Waals surface area (Å²) in [5.74, 6) is 1.41. The lowest BCUT2D eigenvalue weighted by atomic mass is 10.2. The molecule has 0 amide bonds. The second-order valence-electron chi connectivity index (χ2n) is 5.90. The van der Waals surface area contributed by atoms with Gasteiger partial charge in [-0.15, -0.1) is 0 Å². The van der Waals surface area contributed by atoms with E-state index in [0.29, 0.717) is 24.5 Å². The van der Waals surface area contributed by atoms with Crippen molar-refractivity contribution in [1.29, 1.82) is 5.26 Å². The van der Waals surface area contributed by atoms with Crippen molar-refractivity contribution >= 4 is 28.2 Å². The fraction of sp³-hybridized carbons (Fsp3) is 0.158. The molecule has 3 heterocycles. The molecule has 0 aliphatic heterocycles. The van der Waals surface area contributed by atoms with Gasteiger partial charge >= 0.3 is 0 Å². The van der Waals surface area contributed by atoms with Crippen LogP contribution in [-0.4, -0.2) is 32.7 Å². The SMILES string of the molecule is Cc1cc2nc(NCCNc3ncccc3C#N)c3ccccc3n2n1. The van der Waals surface area contributed by atoms with Crippen LogP contribution in [0.1, 0.15) is 11.3 Å². The van der Waals surface area contributed by atoms with Gasteiger partial charge in [-0.1, -0.05) is 12.1 Å². The van der Waals surface area contributed by atoms with Crippen LogP contribution in [-0.2, 0) is 0 Å². The van der Waals surface area contributed by atoms with Gasteiger partial charge in [-0.2, -0.15) is 10.4 Å². The first kappa shape index (κ1) is 15.8. The van der Waals surface area contributed by atoms with E-state index in [1.54, 1.807) is 18.3 Å². The van der Waals surface area contributed by atoms with Crippen LogP contribution in [0.4, 0.5) is 11.6 Å². The van der Waals surface area contributed by atoms with Gasteiger partial charge < -0.3 is 10.6 Å². The number of aryl methyl sites for hydroxylation is 1. The quantitative estimate of drug-likeness (QED) is 0.541. The van der Waals surface area contributed by atoms with Crippen molar-refractivity contribution in [2.45, 2.75) is 6.92 Å². The van der Waals surface area contributed by atoms with E-state index in [-0.39, 0.29) is 0 Å². The lowest BCUT2D eigenvalue weighted by Crippen LogP contribution is -2.16. The number of fused-ring (bicyclic) bond motifs is 3. The van der Waals surface area contributed by atoms with E-state index in [1.165, 1.54) is 0 Å². The molecule has 0 saturated heterocycles. The van der Waals surface area contributed by atoms with Crippen molar-refractivity contribution in [1.82, 2.24) is 19.6 Å². The van der Waals surface area contributed by atoms with Gasteiger partial charge in [-0.05, 0) is 31.2 Å². The number of nitrogens with one attached hydrogen (secondary N) is 2. The van der Waals surface area contributed by atoms with Gasteiger partial charge in [0.25, 0.3) is 0 Å². The standard InChI is InChI=1S/C19H17N7/c1-13-11-17-24-19(15-6-2-3-7-16(15)26(17)25-13)23-10-9-22-18-14(12-20)5-4-8-21-18/h2-8,11H,9-10H2,1H3,(H,21,22)(H,23,24). The molecular weight excluding hydrogens is 326 g/mol. The topological polar surface area (TPSA) is 90.9 Å². The molecule has 26 heavy (non-hydrogen) atoms. The fourth-order valence-electron chi connectivity index (χ4n) is 2.91. The molecule has 0 aliphatic carbocycles. The van der Waals surface area contributed by atoms with Gasteiger partial charge in [-0.25, -0.2) is 14.5 Å². The number of anilines is 2. The Morgan fingerprint density at radius 3 is 2.73 bits per heavy atom. The molecule has 0 aliphatic rings. The minimum absolute atomic E-state index is 0.534. The van der Waals surface area contributed by atoms with E-state index in [1.807, 2.05) is 41.8 Å². The summed E-state index contributed by atoms with van der Waals surface area (Å²) >= 11 is 0. The minimum atomic E-state index is 0.534. The molecule has 4 rings (SSSR count). The summed E-state index contributed by atoms with van der Waals surface area (Å²) in [6.07, 6.45) is 1.67. The van der Waals surface area contributed by atoms with E-state index < -0.39 is 0 Å². The molecule has 3 aromatic heterocycles.